The molecule has 82 valence electrons. The Balaban J connectivity index is 2.06. The minimum Gasteiger partial charge on any atom is -0.310 e. The summed E-state index contributed by atoms with van der Waals surface area (Å²) >= 11 is 0. The fourth-order valence-electron chi connectivity index (χ4n) is 2.98. The Hall–Kier alpha value is -1.33. The summed E-state index contributed by atoms with van der Waals surface area (Å²) in [5.74, 6) is 0. The minimum absolute atomic E-state index is 0.417. The Morgan fingerprint density at radius 1 is 1.19 bits per heavy atom. The molecule has 0 spiro atoms. The van der Waals surface area contributed by atoms with Gasteiger partial charge in [0.2, 0.25) is 0 Å². The number of fused-ring (bicyclic) bond motifs is 1. The summed E-state index contributed by atoms with van der Waals surface area (Å²) in [6, 6.07) is 7.18. The zero-order chi connectivity index (χ0) is 11.0. The number of aryl methyl sites for hydroxylation is 2. The highest BCUT2D eigenvalue weighted by atomic mass is 14.9. The lowest BCUT2D eigenvalue weighted by atomic mass is 9.95. The van der Waals surface area contributed by atoms with Crippen LogP contribution in [0.4, 0.5) is 0 Å². The molecule has 1 fully saturated rings. The first-order valence-corrected chi connectivity index (χ1v) is 6.17. The van der Waals surface area contributed by atoms with E-state index in [2.05, 4.69) is 23.5 Å². The van der Waals surface area contributed by atoms with E-state index < -0.39 is 0 Å². The van der Waals surface area contributed by atoms with Crippen LogP contribution in [0.1, 0.15) is 47.6 Å². The molecule has 1 aromatic carbocycles. The van der Waals surface area contributed by atoms with Crippen LogP contribution in [0.3, 0.4) is 0 Å². The molecule has 1 saturated heterocycles. The third kappa shape index (κ3) is 1.52. The standard InChI is InChI=1S/C14H16N2/c15-9-12-7-10-3-1-4-11(10)8-13(12)14-5-2-6-16-14/h7-8,14,16H,1-6H2/t14-/m1/s1. The fraction of sp³-hybridized carbons (Fsp3) is 0.500. The molecule has 1 heterocycles. The van der Waals surface area contributed by atoms with E-state index in [1.807, 2.05) is 0 Å². The summed E-state index contributed by atoms with van der Waals surface area (Å²) in [5.41, 5.74) is 5.00. The number of hydrogen-bond donors (Lipinski definition) is 1. The van der Waals surface area contributed by atoms with Crippen LogP contribution in [0.15, 0.2) is 12.1 Å². The summed E-state index contributed by atoms with van der Waals surface area (Å²) < 4.78 is 0. The molecule has 0 radical (unpaired) electrons. The maximum absolute atomic E-state index is 9.23. The van der Waals surface area contributed by atoms with Crippen molar-refractivity contribution in [2.24, 2.45) is 0 Å². The lowest BCUT2D eigenvalue weighted by molar-refractivity contribution is 0.645. The van der Waals surface area contributed by atoms with Gasteiger partial charge in [-0.2, -0.15) is 5.26 Å². The molecule has 0 saturated carbocycles. The predicted molar refractivity (Wildman–Crippen MR) is 63.2 cm³/mol. The highest BCUT2D eigenvalue weighted by molar-refractivity contribution is 5.48. The minimum atomic E-state index is 0.417. The number of nitrogens with one attached hydrogen (secondary N) is 1. The van der Waals surface area contributed by atoms with Gasteiger partial charge in [0, 0.05) is 6.04 Å². The topological polar surface area (TPSA) is 35.8 Å². The van der Waals surface area contributed by atoms with Crippen molar-refractivity contribution in [1.29, 1.82) is 5.26 Å². The smallest absolute Gasteiger partial charge is 0.0995 e. The number of rotatable bonds is 1. The molecule has 1 aliphatic heterocycles. The highest BCUT2D eigenvalue weighted by Gasteiger charge is 2.22. The summed E-state index contributed by atoms with van der Waals surface area (Å²) in [4.78, 5) is 0. The maximum Gasteiger partial charge on any atom is 0.0995 e. The van der Waals surface area contributed by atoms with Crippen LogP contribution >= 0.6 is 0 Å². The molecular formula is C14H16N2. The van der Waals surface area contributed by atoms with Crippen LogP contribution in [-0.2, 0) is 12.8 Å². The summed E-state index contributed by atoms with van der Waals surface area (Å²) in [5, 5.41) is 12.7. The normalized spacial score (nSPS) is 23.1. The van der Waals surface area contributed by atoms with Crippen molar-refractivity contribution in [2.45, 2.75) is 38.1 Å². The van der Waals surface area contributed by atoms with Gasteiger partial charge in [-0.25, -0.2) is 0 Å². The van der Waals surface area contributed by atoms with Gasteiger partial charge in [-0.05, 0) is 61.4 Å². The van der Waals surface area contributed by atoms with Crippen LogP contribution in [0.5, 0.6) is 0 Å². The summed E-state index contributed by atoms with van der Waals surface area (Å²) in [7, 11) is 0. The van der Waals surface area contributed by atoms with Gasteiger partial charge in [0.15, 0.2) is 0 Å². The predicted octanol–water partition coefficient (Wildman–Crippen LogP) is 2.47. The van der Waals surface area contributed by atoms with E-state index in [1.54, 1.807) is 0 Å². The van der Waals surface area contributed by atoms with Gasteiger partial charge >= 0.3 is 0 Å². The van der Waals surface area contributed by atoms with Gasteiger partial charge in [-0.1, -0.05) is 6.07 Å². The van der Waals surface area contributed by atoms with Crippen LogP contribution in [-0.4, -0.2) is 6.54 Å². The fourth-order valence-corrected chi connectivity index (χ4v) is 2.98. The number of nitrogens with zero attached hydrogens (tertiary/aromatic N) is 1. The molecule has 2 nitrogen and oxygen atoms in total. The molecule has 0 unspecified atom stereocenters. The second-order valence-electron chi connectivity index (χ2n) is 4.82. The van der Waals surface area contributed by atoms with E-state index in [4.69, 9.17) is 0 Å². The lowest BCUT2D eigenvalue weighted by Gasteiger charge is -2.14. The zero-order valence-corrected chi connectivity index (χ0v) is 9.42. The SMILES string of the molecule is N#Cc1cc2c(cc1[C@H]1CCCN1)CCC2. The van der Waals surface area contributed by atoms with E-state index in [0.717, 1.165) is 18.5 Å². The first kappa shape index (κ1) is 9.86. The van der Waals surface area contributed by atoms with Crippen LogP contribution in [0.25, 0.3) is 0 Å². The van der Waals surface area contributed by atoms with Crippen molar-refractivity contribution < 1.29 is 0 Å². The van der Waals surface area contributed by atoms with Crippen molar-refractivity contribution in [3.8, 4) is 6.07 Å². The van der Waals surface area contributed by atoms with Crippen molar-refractivity contribution in [2.75, 3.05) is 6.54 Å². The van der Waals surface area contributed by atoms with Crippen LogP contribution < -0.4 is 5.32 Å². The van der Waals surface area contributed by atoms with Gasteiger partial charge in [0.05, 0.1) is 11.6 Å². The Labute approximate surface area is 96.3 Å². The second kappa shape index (κ2) is 3.92. The number of nitriles is 1. The van der Waals surface area contributed by atoms with Gasteiger partial charge in [0.1, 0.15) is 0 Å². The molecule has 1 aliphatic carbocycles. The van der Waals surface area contributed by atoms with Crippen LogP contribution in [0.2, 0.25) is 0 Å². The van der Waals surface area contributed by atoms with Gasteiger partial charge in [0.25, 0.3) is 0 Å². The third-order valence-corrected chi connectivity index (χ3v) is 3.82. The van der Waals surface area contributed by atoms with Crippen molar-refractivity contribution in [1.82, 2.24) is 5.32 Å². The quantitative estimate of drug-likeness (QED) is 0.776. The summed E-state index contributed by atoms with van der Waals surface area (Å²) in [6.45, 7) is 1.09. The molecule has 1 N–H and O–H groups in total. The highest BCUT2D eigenvalue weighted by Crippen LogP contribution is 2.31. The molecule has 16 heavy (non-hydrogen) atoms. The average molecular weight is 212 g/mol. The number of benzene rings is 1. The maximum atomic E-state index is 9.23. The Morgan fingerprint density at radius 2 is 2.00 bits per heavy atom. The first-order chi connectivity index (χ1) is 7.88. The lowest BCUT2D eigenvalue weighted by Crippen LogP contribution is -2.14. The Kier molecular flexibility index (Phi) is 2.41. The Bertz CT molecular complexity index is 451. The molecule has 0 amide bonds. The first-order valence-electron chi connectivity index (χ1n) is 6.17. The van der Waals surface area contributed by atoms with Gasteiger partial charge < -0.3 is 5.32 Å². The van der Waals surface area contributed by atoms with E-state index in [-0.39, 0.29) is 0 Å². The molecular weight excluding hydrogens is 196 g/mol. The van der Waals surface area contributed by atoms with Gasteiger partial charge in [-0.15, -0.1) is 0 Å². The van der Waals surface area contributed by atoms with Crippen molar-refractivity contribution in [3.63, 3.8) is 0 Å². The molecule has 2 heteroatoms. The second-order valence-corrected chi connectivity index (χ2v) is 4.82. The van der Waals surface area contributed by atoms with E-state index in [1.165, 1.54) is 42.4 Å². The molecule has 0 bridgehead atoms. The number of hydrogen-bond acceptors (Lipinski definition) is 2. The van der Waals surface area contributed by atoms with E-state index >= 15 is 0 Å². The molecule has 1 aromatic rings. The molecule has 3 rings (SSSR count). The Morgan fingerprint density at radius 3 is 2.69 bits per heavy atom. The van der Waals surface area contributed by atoms with Crippen molar-refractivity contribution >= 4 is 0 Å². The van der Waals surface area contributed by atoms with Gasteiger partial charge in [-0.3, -0.25) is 0 Å². The van der Waals surface area contributed by atoms with Crippen molar-refractivity contribution in [3.05, 3.63) is 34.4 Å². The monoisotopic (exact) mass is 212 g/mol. The molecule has 1 atom stereocenters. The third-order valence-electron chi connectivity index (χ3n) is 3.82. The molecule has 2 aliphatic rings. The van der Waals surface area contributed by atoms with E-state index in [0.29, 0.717) is 6.04 Å². The van der Waals surface area contributed by atoms with Crippen LogP contribution in [0, 0.1) is 11.3 Å². The van der Waals surface area contributed by atoms with E-state index in [9.17, 15) is 5.26 Å². The molecule has 0 aromatic heterocycles. The summed E-state index contributed by atoms with van der Waals surface area (Å²) in [6.07, 6.45) is 6.00. The zero-order valence-electron chi connectivity index (χ0n) is 9.42. The average Bonchev–Trinajstić information content (AvgIpc) is 2.97. The largest absolute Gasteiger partial charge is 0.310 e.